The smallest absolute Gasteiger partial charge is 0.407 e. The number of fused-ring (bicyclic) bond motifs is 3. The second-order valence-electron chi connectivity index (χ2n) is 7.99. The summed E-state index contributed by atoms with van der Waals surface area (Å²) in [5.74, 6) is -1.35. The van der Waals surface area contributed by atoms with Crippen molar-refractivity contribution in [1.29, 1.82) is 0 Å². The highest BCUT2D eigenvalue weighted by molar-refractivity contribution is 5.91. The number of aliphatic carboxylic acids is 1. The number of rotatable bonds is 6. The van der Waals surface area contributed by atoms with Crippen LogP contribution in [-0.2, 0) is 14.3 Å². The van der Waals surface area contributed by atoms with Gasteiger partial charge in [0.15, 0.2) is 0 Å². The van der Waals surface area contributed by atoms with E-state index in [1.807, 2.05) is 24.3 Å². The van der Waals surface area contributed by atoms with Gasteiger partial charge in [-0.05, 0) is 41.5 Å². The molecule has 32 heavy (non-hydrogen) atoms. The van der Waals surface area contributed by atoms with Crippen molar-refractivity contribution in [2.45, 2.75) is 31.2 Å². The van der Waals surface area contributed by atoms with E-state index in [1.165, 1.54) is 17.1 Å². The molecule has 1 heterocycles. The van der Waals surface area contributed by atoms with Gasteiger partial charge in [-0.2, -0.15) is 0 Å². The maximum atomic E-state index is 12.3. The summed E-state index contributed by atoms with van der Waals surface area (Å²) in [6.07, 6.45) is 4.31. The van der Waals surface area contributed by atoms with Gasteiger partial charge in [0.2, 0.25) is 5.91 Å². The molecular formula is C25H26N2O5. The van der Waals surface area contributed by atoms with Gasteiger partial charge in [0, 0.05) is 25.1 Å². The van der Waals surface area contributed by atoms with Crippen LogP contribution in [0.3, 0.4) is 0 Å². The lowest BCUT2D eigenvalue weighted by atomic mass is 9.98. The van der Waals surface area contributed by atoms with Crippen LogP contribution < -0.4 is 5.32 Å². The molecular weight excluding hydrogens is 408 g/mol. The number of nitrogens with zero attached hydrogens (tertiary/aromatic N) is 1. The fraction of sp³-hybridized carbons (Fsp3) is 0.320. The number of hydrogen-bond acceptors (Lipinski definition) is 4. The molecule has 1 unspecified atom stereocenters. The van der Waals surface area contributed by atoms with Crippen molar-refractivity contribution >= 4 is 18.0 Å². The van der Waals surface area contributed by atoms with Crippen LogP contribution in [0.25, 0.3) is 11.1 Å². The first-order valence-corrected chi connectivity index (χ1v) is 10.8. The molecule has 2 aliphatic rings. The second-order valence-corrected chi connectivity index (χ2v) is 7.99. The van der Waals surface area contributed by atoms with Crippen molar-refractivity contribution in [3.8, 4) is 11.1 Å². The summed E-state index contributed by atoms with van der Waals surface area (Å²) in [5, 5.41) is 11.9. The monoisotopic (exact) mass is 434 g/mol. The van der Waals surface area contributed by atoms with E-state index in [9.17, 15) is 19.5 Å². The van der Waals surface area contributed by atoms with Gasteiger partial charge in [-0.3, -0.25) is 4.79 Å². The molecule has 7 heteroatoms. The Balaban J connectivity index is 1.28. The largest absolute Gasteiger partial charge is 0.480 e. The van der Waals surface area contributed by atoms with E-state index in [-0.39, 0.29) is 25.0 Å². The number of carboxylic acids is 1. The molecule has 0 aromatic heterocycles. The Kier molecular flexibility index (Phi) is 6.54. The van der Waals surface area contributed by atoms with Crippen LogP contribution in [0.4, 0.5) is 4.79 Å². The van der Waals surface area contributed by atoms with Crippen LogP contribution in [0.2, 0.25) is 0 Å². The third-order valence-corrected chi connectivity index (χ3v) is 6.04. The number of carboxylic acid groups (broad SMARTS) is 1. The predicted octanol–water partition coefficient (Wildman–Crippen LogP) is 3.55. The standard InChI is InChI=1S/C25H26N2O5/c28-23(27-15-6-5-12-22(27)24(29)30)13-7-14-26-25(31)32-16-21-19-10-3-1-8-17(19)18-9-2-4-11-20(18)21/h1-4,7-11,13,21-22H,5-6,12,14-16H2,(H,26,31)(H,29,30)/b13-7+. The van der Waals surface area contributed by atoms with Crippen molar-refractivity contribution in [2.24, 2.45) is 0 Å². The Hall–Kier alpha value is -3.61. The molecule has 1 fully saturated rings. The number of alkyl carbamates (subject to hydrolysis) is 1. The summed E-state index contributed by atoms with van der Waals surface area (Å²) in [6, 6.07) is 15.5. The molecule has 2 aromatic rings. The molecule has 1 aliphatic heterocycles. The number of benzene rings is 2. The van der Waals surface area contributed by atoms with Gasteiger partial charge in [-0.15, -0.1) is 0 Å². The van der Waals surface area contributed by atoms with E-state index in [2.05, 4.69) is 29.6 Å². The molecule has 0 radical (unpaired) electrons. The molecule has 2 aromatic carbocycles. The lowest BCUT2D eigenvalue weighted by Crippen LogP contribution is -2.47. The molecule has 4 rings (SSSR count). The number of likely N-dealkylation sites (tertiary alicyclic amines) is 1. The number of hydrogen-bond donors (Lipinski definition) is 2. The molecule has 2 amide bonds. The van der Waals surface area contributed by atoms with Crippen molar-refractivity contribution in [3.63, 3.8) is 0 Å². The Morgan fingerprint density at radius 2 is 1.69 bits per heavy atom. The van der Waals surface area contributed by atoms with E-state index in [1.54, 1.807) is 0 Å². The number of piperidine rings is 1. The molecule has 0 spiro atoms. The van der Waals surface area contributed by atoms with E-state index < -0.39 is 18.1 Å². The third-order valence-electron chi connectivity index (χ3n) is 6.04. The van der Waals surface area contributed by atoms with Gasteiger partial charge in [0.05, 0.1) is 0 Å². The number of ether oxygens (including phenoxy) is 1. The lowest BCUT2D eigenvalue weighted by Gasteiger charge is -2.32. The first-order valence-electron chi connectivity index (χ1n) is 10.8. The maximum absolute atomic E-state index is 12.3. The van der Waals surface area contributed by atoms with Crippen molar-refractivity contribution in [1.82, 2.24) is 10.2 Å². The third kappa shape index (κ3) is 4.51. The summed E-state index contributed by atoms with van der Waals surface area (Å²) in [4.78, 5) is 37.2. The first-order chi connectivity index (χ1) is 15.6. The van der Waals surface area contributed by atoms with Crippen molar-refractivity contribution in [3.05, 3.63) is 71.8 Å². The molecule has 0 bridgehead atoms. The summed E-state index contributed by atoms with van der Waals surface area (Å²) >= 11 is 0. The number of carbonyl (C=O) groups is 3. The summed E-state index contributed by atoms with van der Waals surface area (Å²) < 4.78 is 5.45. The predicted molar refractivity (Wildman–Crippen MR) is 119 cm³/mol. The Morgan fingerprint density at radius 3 is 2.34 bits per heavy atom. The second kappa shape index (κ2) is 9.68. The number of amides is 2. The minimum Gasteiger partial charge on any atom is -0.480 e. The minimum atomic E-state index is -0.983. The fourth-order valence-electron chi connectivity index (χ4n) is 4.50. The topological polar surface area (TPSA) is 95.9 Å². The molecule has 2 N–H and O–H groups in total. The minimum absolute atomic E-state index is 0.0164. The Labute approximate surface area is 186 Å². The molecule has 7 nitrogen and oxygen atoms in total. The molecule has 166 valence electrons. The lowest BCUT2D eigenvalue weighted by molar-refractivity contribution is -0.150. The zero-order chi connectivity index (χ0) is 22.5. The molecule has 0 saturated carbocycles. The molecule has 1 atom stereocenters. The average Bonchev–Trinajstić information content (AvgIpc) is 3.14. The Bertz CT molecular complexity index is 1000. The SMILES string of the molecule is O=C(NC/C=C/C(=O)N1CCCCC1C(=O)O)OCC1c2ccccc2-c2ccccc21. The van der Waals surface area contributed by atoms with Crippen molar-refractivity contribution in [2.75, 3.05) is 19.7 Å². The quantitative estimate of drug-likeness (QED) is 0.678. The van der Waals surface area contributed by atoms with Crippen molar-refractivity contribution < 1.29 is 24.2 Å². The zero-order valence-corrected chi connectivity index (χ0v) is 17.7. The molecule has 1 saturated heterocycles. The van der Waals surface area contributed by atoms with E-state index in [0.29, 0.717) is 13.0 Å². The Morgan fingerprint density at radius 1 is 1.03 bits per heavy atom. The van der Waals surface area contributed by atoms with Crippen LogP contribution >= 0.6 is 0 Å². The number of carbonyl (C=O) groups excluding carboxylic acids is 2. The normalized spacial score (nSPS) is 17.6. The first kappa shape index (κ1) is 21.6. The fourth-order valence-corrected chi connectivity index (χ4v) is 4.50. The van der Waals surface area contributed by atoms with Gasteiger partial charge in [-0.25, -0.2) is 9.59 Å². The van der Waals surface area contributed by atoms with E-state index >= 15 is 0 Å². The summed E-state index contributed by atoms with van der Waals surface area (Å²) in [5.41, 5.74) is 4.61. The van der Waals surface area contributed by atoms with Crippen LogP contribution in [-0.4, -0.2) is 53.7 Å². The molecule has 1 aliphatic carbocycles. The van der Waals surface area contributed by atoms with E-state index in [4.69, 9.17) is 4.74 Å². The van der Waals surface area contributed by atoms with E-state index in [0.717, 1.165) is 35.1 Å². The number of nitrogens with one attached hydrogen (secondary N) is 1. The summed E-state index contributed by atoms with van der Waals surface area (Å²) in [7, 11) is 0. The van der Waals surface area contributed by atoms with Crippen LogP contribution in [0.5, 0.6) is 0 Å². The van der Waals surface area contributed by atoms with Crippen LogP contribution in [0.1, 0.15) is 36.3 Å². The van der Waals surface area contributed by atoms with Gasteiger partial charge < -0.3 is 20.1 Å². The highest BCUT2D eigenvalue weighted by Gasteiger charge is 2.31. The van der Waals surface area contributed by atoms with Crippen LogP contribution in [0, 0.1) is 0 Å². The van der Waals surface area contributed by atoms with Crippen LogP contribution in [0.15, 0.2) is 60.7 Å². The average molecular weight is 434 g/mol. The van der Waals surface area contributed by atoms with Gasteiger partial charge in [0.1, 0.15) is 12.6 Å². The van der Waals surface area contributed by atoms with Gasteiger partial charge >= 0.3 is 12.1 Å². The highest BCUT2D eigenvalue weighted by Crippen LogP contribution is 2.44. The highest BCUT2D eigenvalue weighted by atomic mass is 16.5. The summed E-state index contributed by atoms with van der Waals surface area (Å²) in [6.45, 7) is 0.768. The zero-order valence-electron chi connectivity index (χ0n) is 17.7. The van der Waals surface area contributed by atoms with Gasteiger partial charge in [-0.1, -0.05) is 54.6 Å². The van der Waals surface area contributed by atoms with Gasteiger partial charge in [0.25, 0.3) is 0 Å². The maximum Gasteiger partial charge on any atom is 0.407 e.